The topological polar surface area (TPSA) is 90.3 Å². The summed E-state index contributed by atoms with van der Waals surface area (Å²) in [6.45, 7) is 5.74. The van der Waals surface area contributed by atoms with E-state index in [1.54, 1.807) is 20.8 Å². The molecule has 0 spiro atoms. The lowest BCUT2D eigenvalue weighted by molar-refractivity contribution is 0.0186. The van der Waals surface area contributed by atoms with Crippen LogP contribution in [0.1, 0.15) is 20.8 Å². The second-order valence-corrected chi connectivity index (χ2v) is 5.31. The van der Waals surface area contributed by atoms with Crippen molar-refractivity contribution >= 4 is 12.2 Å². The van der Waals surface area contributed by atoms with Gasteiger partial charge >= 0.3 is 12.2 Å². The van der Waals surface area contributed by atoms with Crippen LogP contribution in [0.5, 0.6) is 0 Å². The van der Waals surface area contributed by atoms with Gasteiger partial charge in [-0.1, -0.05) is 0 Å². The number of aliphatic hydroxyl groups is 1. The van der Waals surface area contributed by atoms with Crippen molar-refractivity contribution in [2.45, 2.75) is 32.5 Å². The van der Waals surface area contributed by atoms with E-state index in [2.05, 4.69) is 0 Å². The number of β-amino-alcohol motifs (C(OH)–C–C–N with tert-alkyl or cyclic N) is 1. The first-order chi connectivity index (χ1) is 8.19. The molecule has 104 valence electrons. The Balaban J connectivity index is 2.63. The van der Waals surface area contributed by atoms with E-state index in [0.29, 0.717) is 0 Å². The molecule has 7 heteroatoms. The molecule has 0 bridgehead atoms. The molecule has 2 N–H and O–H groups in total. The summed E-state index contributed by atoms with van der Waals surface area (Å²) in [4.78, 5) is 25.1. The molecular weight excluding hydrogens is 240 g/mol. The van der Waals surface area contributed by atoms with Crippen molar-refractivity contribution in [2.24, 2.45) is 0 Å². The van der Waals surface area contributed by atoms with Gasteiger partial charge in [-0.2, -0.15) is 0 Å². The number of ether oxygens (including phenoxy) is 1. The van der Waals surface area contributed by atoms with Crippen molar-refractivity contribution in [2.75, 3.05) is 26.2 Å². The lowest BCUT2D eigenvalue weighted by Crippen LogP contribution is -2.41. The summed E-state index contributed by atoms with van der Waals surface area (Å²) < 4.78 is 5.19. The Morgan fingerprint density at radius 1 is 1.17 bits per heavy atom. The molecule has 1 heterocycles. The number of carbonyl (C=O) groups excluding carboxylic acids is 1. The second-order valence-electron chi connectivity index (χ2n) is 5.31. The first kappa shape index (κ1) is 14.6. The van der Waals surface area contributed by atoms with Gasteiger partial charge in [-0.15, -0.1) is 0 Å². The molecular formula is C11H20N2O5. The van der Waals surface area contributed by atoms with Crippen LogP contribution >= 0.6 is 0 Å². The molecule has 0 aliphatic carbocycles. The number of amides is 2. The van der Waals surface area contributed by atoms with Gasteiger partial charge in [0.2, 0.25) is 0 Å². The standard InChI is InChI=1S/C11H20N2O5/c1-11(2,3)18-10(17)13-5-4-12(9(15)16)6-8(14)7-13/h8,14H,4-7H2,1-3H3,(H,15,16). The van der Waals surface area contributed by atoms with Crippen LogP contribution in [0.4, 0.5) is 9.59 Å². The number of aliphatic hydroxyl groups excluding tert-OH is 1. The summed E-state index contributed by atoms with van der Waals surface area (Å²) in [5.41, 5.74) is -0.610. The summed E-state index contributed by atoms with van der Waals surface area (Å²) in [7, 11) is 0. The third kappa shape index (κ3) is 4.40. The molecule has 0 aromatic carbocycles. The SMILES string of the molecule is CC(C)(C)OC(=O)N1CCN(C(=O)O)CC(O)C1. The van der Waals surface area contributed by atoms with Crippen LogP contribution in [-0.4, -0.2) is 70.1 Å². The van der Waals surface area contributed by atoms with Crippen molar-refractivity contribution in [3.8, 4) is 0 Å². The number of carboxylic acid groups (broad SMARTS) is 1. The van der Waals surface area contributed by atoms with Crippen molar-refractivity contribution in [1.82, 2.24) is 9.80 Å². The molecule has 0 aromatic rings. The molecule has 0 radical (unpaired) electrons. The number of rotatable bonds is 0. The minimum absolute atomic E-state index is 0.00856. The number of hydrogen-bond acceptors (Lipinski definition) is 4. The summed E-state index contributed by atoms with van der Waals surface area (Å²) in [6, 6.07) is 0. The molecule has 1 rings (SSSR count). The summed E-state index contributed by atoms with van der Waals surface area (Å²) in [5, 5.41) is 18.5. The largest absolute Gasteiger partial charge is 0.465 e. The highest BCUT2D eigenvalue weighted by Gasteiger charge is 2.29. The smallest absolute Gasteiger partial charge is 0.410 e. The highest BCUT2D eigenvalue weighted by molar-refractivity contribution is 5.69. The van der Waals surface area contributed by atoms with E-state index < -0.39 is 23.9 Å². The molecule has 1 fully saturated rings. The monoisotopic (exact) mass is 260 g/mol. The summed E-state index contributed by atoms with van der Waals surface area (Å²) in [5.74, 6) is 0. The van der Waals surface area contributed by atoms with Gasteiger partial charge in [0.15, 0.2) is 0 Å². The van der Waals surface area contributed by atoms with Crippen LogP contribution in [0.25, 0.3) is 0 Å². The first-order valence-electron chi connectivity index (χ1n) is 5.83. The molecule has 7 nitrogen and oxygen atoms in total. The zero-order chi connectivity index (χ0) is 13.9. The van der Waals surface area contributed by atoms with Crippen LogP contribution in [-0.2, 0) is 4.74 Å². The van der Waals surface area contributed by atoms with Gasteiger partial charge in [-0.05, 0) is 20.8 Å². The van der Waals surface area contributed by atoms with Crippen molar-refractivity contribution in [1.29, 1.82) is 0 Å². The Hall–Kier alpha value is -1.50. The molecule has 0 aromatic heterocycles. The van der Waals surface area contributed by atoms with Crippen LogP contribution in [0, 0.1) is 0 Å². The van der Waals surface area contributed by atoms with Gasteiger partial charge in [0.05, 0.1) is 19.2 Å². The van der Waals surface area contributed by atoms with E-state index in [1.165, 1.54) is 4.90 Å². The Morgan fingerprint density at radius 3 is 2.17 bits per heavy atom. The maximum atomic E-state index is 11.8. The number of carbonyl (C=O) groups is 2. The Bertz CT molecular complexity index is 326. The molecule has 0 saturated carbocycles. The quantitative estimate of drug-likeness (QED) is 0.665. The maximum Gasteiger partial charge on any atom is 0.410 e. The minimum Gasteiger partial charge on any atom is -0.465 e. The molecule has 1 saturated heterocycles. The predicted octanol–water partition coefficient (Wildman–Crippen LogP) is 0.578. The molecule has 1 unspecified atom stereocenters. The van der Waals surface area contributed by atoms with Crippen LogP contribution in [0.15, 0.2) is 0 Å². The van der Waals surface area contributed by atoms with Gasteiger partial charge < -0.3 is 24.7 Å². The highest BCUT2D eigenvalue weighted by Crippen LogP contribution is 2.12. The third-order valence-electron chi connectivity index (χ3n) is 2.42. The minimum atomic E-state index is -1.10. The van der Waals surface area contributed by atoms with Gasteiger partial charge in [0, 0.05) is 13.1 Å². The van der Waals surface area contributed by atoms with E-state index in [9.17, 15) is 14.7 Å². The average Bonchev–Trinajstić information content (AvgIpc) is 2.37. The lowest BCUT2D eigenvalue weighted by atomic mass is 10.2. The molecule has 1 atom stereocenters. The lowest BCUT2D eigenvalue weighted by Gasteiger charge is -2.26. The fraction of sp³-hybridized carbons (Fsp3) is 0.818. The molecule has 1 aliphatic rings. The Morgan fingerprint density at radius 2 is 1.67 bits per heavy atom. The maximum absolute atomic E-state index is 11.8. The highest BCUT2D eigenvalue weighted by atomic mass is 16.6. The molecule has 2 amide bonds. The van der Waals surface area contributed by atoms with E-state index in [4.69, 9.17) is 9.84 Å². The van der Waals surface area contributed by atoms with Gasteiger partial charge in [0.25, 0.3) is 0 Å². The fourth-order valence-corrected chi connectivity index (χ4v) is 1.66. The van der Waals surface area contributed by atoms with Crippen LogP contribution in [0.2, 0.25) is 0 Å². The predicted molar refractivity (Wildman–Crippen MR) is 63.4 cm³/mol. The number of hydrogen-bond donors (Lipinski definition) is 2. The van der Waals surface area contributed by atoms with Crippen LogP contribution < -0.4 is 0 Å². The second kappa shape index (κ2) is 5.43. The summed E-state index contributed by atoms with van der Waals surface area (Å²) in [6.07, 6.45) is -2.52. The van der Waals surface area contributed by atoms with Gasteiger partial charge in [-0.25, -0.2) is 9.59 Å². The number of nitrogens with zero attached hydrogens (tertiary/aromatic N) is 2. The van der Waals surface area contributed by atoms with E-state index in [-0.39, 0.29) is 26.2 Å². The zero-order valence-corrected chi connectivity index (χ0v) is 10.9. The Kier molecular flexibility index (Phi) is 4.39. The normalized spacial score (nSPS) is 21.4. The van der Waals surface area contributed by atoms with E-state index in [1.807, 2.05) is 0 Å². The zero-order valence-electron chi connectivity index (χ0n) is 10.9. The molecule has 1 aliphatic heterocycles. The van der Waals surface area contributed by atoms with Gasteiger partial charge in [0.1, 0.15) is 5.60 Å². The van der Waals surface area contributed by atoms with Gasteiger partial charge in [-0.3, -0.25) is 0 Å². The average molecular weight is 260 g/mol. The third-order valence-corrected chi connectivity index (χ3v) is 2.42. The van der Waals surface area contributed by atoms with E-state index in [0.717, 1.165) is 4.90 Å². The van der Waals surface area contributed by atoms with E-state index >= 15 is 0 Å². The van der Waals surface area contributed by atoms with Crippen molar-refractivity contribution in [3.05, 3.63) is 0 Å². The Labute approximate surface area is 106 Å². The fourth-order valence-electron chi connectivity index (χ4n) is 1.66. The first-order valence-corrected chi connectivity index (χ1v) is 5.83. The van der Waals surface area contributed by atoms with Crippen molar-refractivity contribution in [3.63, 3.8) is 0 Å². The molecule has 18 heavy (non-hydrogen) atoms. The van der Waals surface area contributed by atoms with Crippen molar-refractivity contribution < 1.29 is 24.5 Å². The summed E-state index contributed by atoms with van der Waals surface area (Å²) >= 11 is 0. The van der Waals surface area contributed by atoms with Crippen LogP contribution in [0.3, 0.4) is 0 Å².